The Balaban J connectivity index is 3.40. The van der Waals surface area contributed by atoms with Gasteiger partial charge in [-0.15, -0.1) is 0 Å². The summed E-state index contributed by atoms with van der Waals surface area (Å²) in [5.41, 5.74) is 1.67. The van der Waals surface area contributed by atoms with Crippen molar-refractivity contribution < 1.29 is 10.2 Å². The highest BCUT2D eigenvalue weighted by atomic mass is 127. The number of benzene rings is 1. The number of aliphatic hydroxyl groups is 1. The quantitative estimate of drug-likeness (QED) is 0.783. The third-order valence-electron chi connectivity index (χ3n) is 2.12. The number of hydrogen-bond acceptors (Lipinski definition) is 2. The van der Waals surface area contributed by atoms with Crippen molar-refractivity contribution in [3.8, 4) is 5.75 Å². The minimum Gasteiger partial charge on any atom is -0.508 e. The van der Waals surface area contributed by atoms with E-state index in [-0.39, 0.29) is 12.0 Å². The Labute approximate surface area is 98.1 Å². The van der Waals surface area contributed by atoms with E-state index in [4.69, 9.17) is 5.11 Å². The molecule has 1 aromatic rings. The van der Waals surface area contributed by atoms with Crippen molar-refractivity contribution in [1.29, 1.82) is 0 Å². The maximum absolute atomic E-state index is 9.76. The van der Waals surface area contributed by atoms with Gasteiger partial charge in [0.1, 0.15) is 5.75 Å². The molecule has 0 fully saturated rings. The molecular weight excluding hydrogens is 291 g/mol. The number of rotatable bonds is 1. The summed E-state index contributed by atoms with van der Waals surface area (Å²) in [4.78, 5) is 0. The zero-order valence-corrected chi connectivity index (χ0v) is 10.8. The molecule has 0 aliphatic heterocycles. The van der Waals surface area contributed by atoms with E-state index in [0.29, 0.717) is 5.75 Å². The van der Waals surface area contributed by atoms with Crippen LogP contribution in [0, 0.1) is 3.57 Å². The maximum Gasteiger partial charge on any atom is 0.120 e. The molecule has 78 valence electrons. The third-order valence-corrected chi connectivity index (χ3v) is 3.35. The van der Waals surface area contributed by atoms with Crippen molar-refractivity contribution in [2.75, 3.05) is 0 Å². The molecule has 3 heteroatoms. The van der Waals surface area contributed by atoms with Crippen molar-refractivity contribution >= 4 is 22.6 Å². The Morgan fingerprint density at radius 1 is 1.29 bits per heavy atom. The van der Waals surface area contributed by atoms with Crippen molar-refractivity contribution in [3.63, 3.8) is 0 Å². The van der Waals surface area contributed by atoms with Gasteiger partial charge in [0.05, 0.1) is 6.61 Å². The van der Waals surface area contributed by atoms with Gasteiger partial charge in [0.25, 0.3) is 0 Å². The first kappa shape index (κ1) is 11.8. The van der Waals surface area contributed by atoms with Gasteiger partial charge in [-0.3, -0.25) is 0 Å². The second-order valence-electron chi connectivity index (χ2n) is 4.34. The topological polar surface area (TPSA) is 40.5 Å². The number of aliphatic hydroxyl groups excluding tert-OH is 1. The van der Waals surface area contributed by atoms with Crippen LogP contribution in [-0.4, -0.2) is 10.2 Å². The van der Waals surface area contributed by atoms with Crippen LogP contribution in [0.25, 0.3) is 0 Å². The first-order chi connectivity index (χ1) is 6.38. The maximum atomic E-state index is 9.76. The summed E-state index contributed by atoms with van der Waals surface area (Å²) >= 11 is 2.17. The Kier molecular flexibility index (Phi) is 3.42. The molecule has 0 amide bonds. The second kappa shape index (κ2) is 4.06. The predicted molar refractivity (Wildman–Crippen MR) is 65.4 cm³/mol. The van der Waals surface area contributed by atoms with E-state index in [2.05, 4.69) is 22.6 Å². The molecule has 0 spiro atoms. The summed E-state index contributed by atoms with van der Waals surface area (Å²) in [6.45, 7) is 6.16. The van der Waals surface area contributed by atoms with E-state index in [1.54, 1.807) is 12.1 Å². The predicted octanol–water partition coefficient (Wildman–Crippen LogP) is 2.79. The molecule has 0 atom stereocenters. The number of hydrogen-bond donors (Lipinski definition) is 2. The number of phenols is 1. The number of halogens is 1. The van der Waals surface area contributed by atoms with Gasteiger partial charge in [-0.2, -0.15) is 0 Å². The van der Waals surface area contributed by atoms with Crippen LogP contribution in [0.1, 0.15) is 31.9 Å². The molecule has 0 bridgehead atoms. The van der Waals surface area contributed by atoms with Crippen molar-refractivity contribution in [2.24, 2.45) is 0 Å². The summed E-state index contributed by atoms with van der Waals surface area (Å²) < 4.78 is 0.956. The summed E-state index contributed by atoms with van der Waals surface area (Å²) in [5.74, 6) is 0.305. The first-order valence-corrected chi connectivity index (χ1v) is 5.57. The van der Waals surface area contributed by atoms with Crippen molar-refractivity contribution in [2.45, 2.75) is 32.8 Å². The molecule has 0 radical (unpaired) electrons. The van der Waals surface area contributed by atoms with E-state index >= 15 is 0 Å². The molecule has 1 rings (SSSR count). The Hall–Kier alpha value is -0.290. The molecular formula is C11H15IO2. The summed E-state index contributed by atoms with van der Waals surface area (Å²) in [6.07, 6.45) is 0. The van der Waals surface area contributed by atoms with Gasteiger partial charge in [0.2, 0.25) is 0 Å². The smallest absolute Gasteiger partial charge is 0.120 e. The van der Waals surface area contributed by atoms with Crippen molar-refractivity contribution in [1.82, 2.24) is 0 Å². The Bertz CT molecular complexity index is 340. The van der Waals surface area contributed by atoms with Crippen LogP contribution in [0.15, 0.2) is 12.1 Å². The van der Waals surface area contributed by atoms with Crippen LogP contribution in [0.3, 0.4) is 0 Å². The Morgan fingerprint density at radius 3 is 2.29 bits per heavy atom. The largest absolute Gasteiger partial charge is 0.508 e. The van der Waals surface area contributed by atoms with Gasteiger partial charge in [-0.05, 0) is 39.6 Å². The average Bonchev–Trinajstić information content (AvgIpc) is 2.02. The molecule has 0 saturated heterocycles. The van der Waals surface area contributed by atoms with E-state index < -0.39 is 0 Å². The summed E-state index contributed by atoms with van der Waals surface area (Å²) in [7, 11) is 0. The van der Waals surface area contributed by atoms with E-state index in [0.717, 1.165) is 14.7 Å². The second-order valence-corrected chi connectivity index (χ2v) is 5.42. The molecule has 0 aliphatic rings. The highest BCUT2D eigenvalue weighted by molar-refractivity contribution is 14.1. The van der Waals surface area contributed by atoms with Gasteiger partial charge in [0, 0.05) is 9.13 Å². The molecule has 2 N–H and O–H groups in total. The lowest BCUT2D eigenvalue weighted by Crippen LogP contribution is -2.14. The van der Waals surface area contributed by atoms with Crippen LogP contribution < -0.4 is 0 Å². The molecule has 0 heterocycles. The monoisotopic (exact) mass is 306 g/mol. The van der Waals surface area contributed by atoms with Gasteiger partial charge in [0.15, 0.2) is 0 Å². The van der Waals surface area contributed by atoms with Gasteiger partial charge < -0.3 is 10.2 Å². The lowest BCUT2D eigenvalue weighted by Gasteiger charge is -2.23. The number of aromatic hydroxyl groups is 1. The van der Waals surface area contributed by atoms with E-state index in [1.807, 2.05) is 20.8 Å². The van der Waals surface area contributed by atoms with Crippen LogP contribution in [0.2, 0.25) is 0 Å². The molecule has 0 aliphatic carbocycles. The van der Waals surface area contributed by atoms with E-state index in [1.165, 1.54) is 0 Å². The zero-order valence-electron chi connectivity index (χ0n) is 8.63. The third kappa shape index (κ3) is 2.20. The minimum absolute atomic E-state index is 0.0155. The highest BCUT2D eigenvalue weighted by Crippen LogP contribution is 2.36. The number of phenolic OH excluding ortho intramolecular Hbond substituents is 1. The fourth-order valence-electron chi connectivity index (χ4n) is 1.44. The fraction of sp³-hybridized carbons (Fsp3) is 0.455. The summed E-state index contributed by atoms with van der Waals surface area (Å²) in [5, 5.41) is 18.9. The van der Waals surface area contributed by atoms with Gasteiger partial charge >= 0.3 is 0 Å². The molecule has 0 unspecified atom stereocenters. The van der Waals surface area contributed by atoms with Crippen LogP contribution in [0.5, 0.6) is 5.75 Å². The lowest BCUT2D eigenvalue weighted by atomic mass is 9.85. The van der Waals surface area contributed by atoms with Gasteiger partial charge in [-0.1, -0.05) is 26.8 Å². The van der Waals surface area contributed by atoms with Crippen molar-refractivity contribution in [3.05, 3.63) is 26.8 Å². The normalized spacial score (nSPS) is 11.8. The summed E-state index contributed by atoms with van der Waals surface area (Å²) in [6, 6.07) is 3.40. The Morgan fingerprint density at radius 2 is 1.86 bits per heavy atom. The molecule has 0 aromatic heterocycles. The zero-order chi connectivity index (χ0) is 10.9. The van der Waals surface area contributed by atoms with Crippen LogP contribution >= 0.6 is 22.6 Å². The molecule has 2 nitrogen and oxygen atoms in total. The van der Waals surface area contributed by atoms with Crippen LogP contribution in [-0.2, 0) is 12.0 Å². The highest BCUT2D eigenvalue weighted by Gasteiger charge is 2.22. The molecule has 1 aromatic carbocycles. The molecule has 0 saturated carbocycles. The first-order valence-electron chi connectivity index (χ1n) is 4.49. The standard InChI is InChI=1S/C11H15IO2/c1-11(2,3)9-8(14)5-4-7(6-13)10(9)12/h4-5,13-14H,6H2,1-3H3. The fourth-order valence-corrected chi connectivity index (χ4v) is 2.88. The SMILES string of the molecule is CC(C)(C)c1c(O)ccc(CO)c1I. The van der Waals surface area contributed by atoms with E-state index in [9.17, 15) is 5.11 Å². The van der Waals surface area contributed by atoms with Crippen LogP contribution in [0.4, 0.5) is 0 Å². The van der Waals surface area contributed by atoms with Gasteiger partial charge in [-0.25, -0.2) is 0 Å². The molecule has 14 heavy (non-hydrogen) atoms. The minimum atomic E-state index is -0.105. The lowest BCUT2D eigenvalue weighted by molar-refractivity contribution is 0.280. The average molecular weight is 306 g/mol.